The molecule has 20 heavy (non-hydrogen) atoms. The van der Waals surface area contributed by atoms with Gasteiger partial charge in [-0.15, -0.1) is 0 Å². The first-order valence-electron chi connectivity index (χ1n) is 6.29. The number of aryl methyl sites for hydroxylation is 1. The van der Waals surface area contributed by atoms with Crippen molar-refractivity contribution in [3.8, 4) is 11.4 Å². The molecule has 2 nitrogen and oxygen atoms in total. The Morgan fingerprint density at radius 1 is 1.10 bits per heavy atom. The molecule has 0 fully saturated rings. The van der Waals surface area contributed by atoms with Gasteiger partial charge in [0.25, 0.3) is 0 Å². The van der Waals surface area contributed by atoms with Gasteiger partial charge in [0, 0.05) is 18.0 Å². The zero-order valence-corrected chi connectivity index (χ0v) is 11.4. The molecule has 0 unspecified atom stereocenters. The highest BCUT2D eigenvalue weighted by atomic mass is 35.5. The molecule has 4 rings (SSSR count). The summed E-state index contributed by atoms with van der Waals surface area (Å²) in [4.78, 5) is 4.49. The van der Waals surface area contributed by atoms with Crippen LogP contribution in [0.15, 0.2) is 42.5 Å². The molecule has 0 radical (unpaired) electrons. The Balaban J connectivity index is 2.36. The average Bonchev–Trinajstić information content (AvgIpc) is 2.86. The molecule has 2 aliphatic heterocycles. The molecule has 0 aliphatic carbocycles. The van der Waals surface area contributed by atoms with Crippen LogP contribution in [0.5, 0.6) is 0 Å². The molecule has 98 valence electrons. The first-order chi connectivity index (χ1) is 9.68. The van der Waals surface area contributed by atoms with Crippen LogP contribution in [0.3, 0.4) is 0 Å². The monoisotopic (exact) mass is 284 g/mol. The second kappa shape index (κ2) is 3.93. The van der Waals surface area contributed by atoms with Crippen LogP contribution in [0.2, 0.25) is 5.02 Å². The number of halogens is 2. The topological polar surface area (TPSA) is 17.8 Å². The van der Waals surface area contributed by atoms with E-state index in [0.717, 1.165) is 16.6 Å². The Morgan fingerprint density at radius 2 is 1.90 bits per heavy atom. The minimum atomic E-state index is -0.271. The third kappa shape index (κ3) is 1.36. The second-order valence-corrected chi connectivity index (χ2v) is 5.21. The summed E-state index contributed by atoms with van der Waals surface area (Å²) in [5.41, 5.74) is 2.98. The molecule has 0 spiro atoms. The fraction of sp³-hybridized carbons (Fsp3) is 0.0625. The number of nitrogens with zero attached hydrogens (tertiary/aromatic N) is 2. The van der Waals surface area contributed by atoms with Gasteiger partial charge in [0.05, 0.1) is 21.6 Å². The Bertz CT molecular complexity index is 942. The third-order valence-electron chi connectivity index (χ3n) is 3.73. The van der Waals surface area contributed by atoms with Gasteiger partial charge in [0.2, 0.25) is 0 Å². The lowest BCUT2D eigenvalue weighted by molar-refractivity contribution is 0.639. The van der Waals surface area contributed by atoms with Crippen molar-refractivity contribution in [3.05, 3.63) is 53.3 Å². The summed E-state index contributed by atoms with van der Waals surface area (Å²) in [5, 5.41) is 2.02. The van der Waals surface area contributed by atoms with Gasteiger partial charge >= 0.3 is 0 Å². The van der Waals surface area contributed by atoms with Crippen molar-refractivity contribution in [1.29, 1.82) is 0 Å². The van der Waals surface area contributed by atoms with E-state index in [4.69, 9.17) is 11.6 Å². The number of para-hydroxylation sites is 1. The molecule has 2 aromatic carbocycles. The van der Waals surface area contributed by atoms with E-state index in [2.05, 4.69) is 4.98 Å². The number of hydrogen-bond donors (Lipinski definition) is 0. The van der Waals surface area contributed by atoms with Crippen molar-refractivity contribution in [1.82, 2.24) is 9.55 Å². The summed E-state index contributed by atoms with van der Waals surface area (Å²) in [6.45, 7) is 0. The standard InChI is InChI=1S/C16H10ClFN2/c1-20-12-8-3-2-5-9(12)14(17)15-16(20)13-10(18)6-4-7-11(13)19-15/h2-8H,1H3. The maximum atomic E-state index is 14.2. The van der Waals surface area contributed by atoms with E-state index in [0.29, 0.717) is 21.6 Å². The van der Waals surface area contributed by atoms with E-state index < -0.39 is 0 Å². The molecule has 0 saturated carbocycles. The summed E-state index contributed by atoms with van der Waals surface area (Å²) < 4.78 is 16.1. The van der Waals surface area contributed by atoms with Crippen LogP contribution in [-0.2, 0) is 7.05 Å². The van der Waals surface area contributed by atoms with Crippen LogP contribution in [0, 0.1) is 5.82 Å². The Labute approximate surface area is 119 Å². The summed E-state index contributed by atoms with van der Waals surface area (Å²) >= 11 is 6.47. The molecule has 0 amide bonds. The van der Waals surface area contributed by atoms with Crippen molar-refractivity contribution in [3.63, 3.8) is 0 Å². The third-order valence-corrected chi connectivity index (χ3v) is 4.11. The molecule has 2 aliphatic rings. The summed E-state index contributed by atoms with van der Waals surface area (Å²) in [5.74, 6) is -0.271. The molecule has 0 saturated heterocycles. The molecule has 0 aromatic heterocycles. The SMILES string of the molecule is Cn1c2c3c(F)cccc3nc-2c(Cl)c2ccccc21. The van der Waals surface area contributed by atoms with Crippen molar-refractivity contribution in [2.45, 2.75) is 0 Å². The Kier molecular flexibility index (Phi) is 2.30. The minimum Gasteiger partial charge on any atom is -0.342 e. The van der Waals surface area contributed by atoms with E-state index in [1.165, 1.54) is 6.07 Å². The van der Waals surface area contributed by atoms with E-state index in [9.17, 15) is 4.39 Å². The van der Waals surface area contributed by atoms with Crippen LogP contribution < -0.4 is 0 Å². The fourth-order valence-corrected chi connectivity index (χ4v) is 3.10. The molecule has 2 heterocycles. The second-order valence-electron chi connectivity index (χ2n) is 4.83. The van der Waals surface area contributed by atoms with Crippen molar-refractivity contribution in [2.24, 2.45) is 7.05 Å². The molecule has 2 aromatic rings. The number of fused-ring (bicyclic) bond motifs is 4. The maximum absolute atomic E-state index is 14.2. The Hall–Kier alpha value is -2.13. The van der Waals surface area contributed by atoms with Crippen molar-refractivity contribution >= 4 is 33.4 Å². The van der Waals surface area contributed by atoms with Gasteiger partial charge in [-0.25, -0.2) is 9.37 Å². The first kappa shape index (κ1) is 11.7. The predicted octanol–water partition coefficient (Wildman–Crippen LogP) is 4.62. The van der Waals surface area contributed by atoms with Crippen LogP contribution in [0.1, 0.15) is 0 Å². The number of aromatic nitrogens is 2. The predicted molar refractivity (Wildman–Crippen MR) is 79.8 cm³/mol. The minimum absolute atomic E-state index is 0.271. The quantitative estimate of drug-likeness (QED) is 0.460. The molecule has 0 atom stereocenters. The fourth-order valence-electron chi connectivity index (χ4n) is 2.81. The lowest BCUT2D eigenvalue weighted by Gasteiger charge is -2.14. The highest BCUT2D eigenvalue weighted by Crippen LogP contribution is 2.41. The van der Waals surface area contributed by atoms with Crippen molar-refractivity contribution < 1.29 is 4.39 Å². The van der Waals surface area contributed by atoms with Gasteiger partial charge < -0.3 is 4.57 Å². The normalized spacial score (nSPS) is 11.8. The van der Waals surface area contributed by atoms with Crippen molar-refractivity contribution in [2.75, 3.05) is 0 Å². The molecular weight excluding hydrogens is 275 g/mol. The van der Waals surface area contributed by atoms with Gasteiger partial charge in [0.1, 0.15) is 11.5 Å². The molecule has 0 bridgehead atoms. The number of rotatable bonds is 0. The molecule has 4 heteroatoms. The smallest absolute Gasteiger partial charge is 0.134 e. The zero-order valence-electron chi connectivity index (χ0n) is 10.7. The van der Waals surface area contributed by atoms with Gasteiger partial charge in [-0.1, -0.05) is 35.9 Å². The lowest BCUT2D eigenvalue weighted by atomic mass is 10.1. The number of hydrogen-bond acceptors (Lipinski definition) is 1. The van der Waals surface area contributed by atoms with Gasteiger partial charge in [0.15, 0.2) is 0 Å². The van der Waals surface area contributed by atoms with E-state index in [-0.39, 0.29) is 5.82 Å². The summed E-state index contributed by atoms with van der Waals surface area (Å²) in [7, 11) is 1.91. The van der Waals surface area contributed by atoms with Gasteiger partial charge in [-0.3, -0.25) is 0 Å². The van der Waals surface area contributed by atoms with E-state index >= 15 is 0 Å². The number of pyridine rings is 1. The highest BCUT2D eigenvalue weighted by Gasteiger charge is 2.22. The van der Waals surface area contributed by atoms with E-state index in [1.54, 1.807) is 12.1 Å². The zero-order chi connectivity index (χ0) is 13.9. The van der Waals surface area contributed by atoms with Gasteiger partial charge in [-0.05, 0) is 18.2 Å². The Morgan fingerprint density at radius 3 is 2.75 bits per heavy atom. The summed E-state index contributed by atoms with van der Waals surface area (Å²) in [6.07, 6.45) is 0. The lowest BCUT2D eigenvalue weighted by Crippen LogP contribution is -2.00. The largest absolute Gasteiger partial charge is 0.342 e. The maximum Gasteiger partial charge on any atom is 0.134 e. The van der Waals surface area contributed by atoms with Crippen LogP contribution in [0.25, 0.3) is 33.2 Å². The van der Waals surface area contributed by atoms with Gasteiger partial charge in [-0.2, -0.15) is 0 Å². The van der Waals surface area contributed by atoms with E-state index in [1.807, 2.05) is 35.9 Å². The first-order valence-corrected chi connectivity index (χ1v) is 6.67. The highest BCUT2D eigenvalue weighted by molar-refractivity contribution is 6.38. The van der Waals surface area contributed by atoms with Crippen LogP contribution in [-0.4, -0.2) is 9.55 Å². The average molecular weight is 285 g/mol. The van der Waals surface area contributed by atoms with Crippen LogP contribution >= 0.6 is 11.6 Å². The molecule has 0 N–H and O–H groups in total. The number of benzene rings is 2. The van der Waals surface area contributed by atoms with Crippen LogP contribution in [0.4, 0.5) is 4.39 Å². The molecular formula is C16H10ClFN2. The summed E-state index contributed by atoms with van der Waals surface area (Å²) in [6, 6.07) is 12.7.